The predicted molar refractivity (Wildman–Crippen MR) is 106 cm³/mol. The largest absolute Gasteiger partial charge is 0.322 e. The Morgan fingerprint density at radius 3 is 2.11 bits per heavy atom. The van der Waals surface area contributed by atoms with Crippen LogP contribution < -0.4 is 5.32 Å². The maximum atomic E-state index is 12.7. The van der Waals surface area contributed by atoms with Crippen LogP contribution in [0, 0.1) is 0 Å². The molecule has 0 unspecified atom stereocenters. The van der Waals surface area contributed by atoms with E-state index in [1.807, 2.05) is 24.3 Å². The first-order valence-electron chi connectivity index (χ1n) is 9.00. The van der Waals surface area contributed by atoms with Gasteiger partial charge in [0.15, 0.2) is 0 Å². The molecule has 1 aliphatic heterocycles. The van der Waals surface area contributed by atoms with Gasteiger partial charge in [0, 0.05) is 16.8 Å². The standard InChI is InChI=1S/C23H18N2O3/c26-21-14-18-11-12-20(24-22(27)16-7-3-1-4-8-16)13-19(18)15-25(21)23(28)17-9-5-2-6-10-17/h1-13H,14-15H2,(H,24,27). The van der Waals surface area contributed by atoms with E-state index in [1.54, 1.807) is 54.6 Å². The second kappa shape index (κ2) is 7.48. The molecule has 5 nitrogen and oxygen atoms in total. The van der Waals surface area contributed by atoms with Crippen LogP contribution in [0.5, 0.6) is 0 Å². The van der Waals surface area contributed by atoms with E-state index < -0.39 is 0 Å². The molecule has 28 heavy (non-hydrogen) atoms. The summed E-state index contributed by atoms with van der Waals surface area (Å²) in [5, 5.41) is 2.87. The minimum Gasteiger partial charge on any atom is -0.322 e. The fourth-order valence-corrected chi connectivity index (χ4v) is 3.25. The van der Waals surface area contributed by atoms with Gasteiger partial charge in [0.1, 0.15) is 0 Å². The van der Waals surface area contributed by atoms with Crippen molar-refractivity contribution in [1.29, 1.82) is 0 Å². The van der Waals surface area contributed by atoms with E-state index in [1.165, 1.54) is 4.90 Å². The number of carbonyl (C=O) groups is 3. The number of nitrogens with one attached hydrogen (secondary N) is 1. The first-order valence-corrected chi connectivity index (χ1v) is 9.00. The van der Waals surface area contributed by atoms with E-state index in [4.69, 9.17) is 0 Å². The number of hydrogen-bond acceptors (Lipinski definition) is 3. The Kier molecular flexibility index (Phi) is 4.72. The van der Waals surface area contributed by atoms with Crippen LogP contribution in [0.3, 0.4) is 0 Å². The summed E-state index contributed by atoms with van der Waals surface area (Å²) in [5.74, 6) is -0.734. The second-order valence-electron chi connectivity index (χ2n) is 6.63. The molecule has 1 N–H and O–H groups in total. The first kappa shape index (κ1) is 17.7. The summed E-state index contributed by atoms with van der Waals surface area (Å²) in [7, 11) is 0. The fourth-order valence-electron chi connectivity index (χ4n) is 3.25. The number of hydrogen-bond donors (Lipinski definition) is 1. The van der Waals surface area contributed by atoms with Gasteiger partial charge in [-0.15, -0.1) is 0 Å². The quantitative estimate of drug-likeness (QED) is 0.716. The normalized spacial score (nSPS) is 13.0. The van der Waals surface area contributed by atoms with Crippen LogP contribution in [0.2, 0.25) is 0 Å². The zero-order valence-corrected chi connectivity index (χ0v) is 15.1. The zero-order valence-electron chi connectivity index (χ0n) is 15.1. The van der Waals surface area contributed by atoms with Crippen LogP contribution in [-0.2, 0) is 17.8 Å². The summed E-state index contributed by atoms with van der Waals surface area (Å²) < 4.78 is 0. The maximum Gasteiger partial charge on any atom is 0.260 e. The lowest BCUT2D eigenvalue weighted by molar-refractivity contribution is -0.129. The number of fused-ring (bicyclic) bond motifs is 1. The highest BCUT2D eigenvalue weighted by molar-refractivity contribution is 6.06. The highest BCUT2D eigenvalue weighted by atomic mass is 16.2. The van der Waals surface area contributed by atoms with Gasteiger partial charge < -0.3 is 5.32 Å². The van der Waals surface area contributed by atoms with Gasteiger partial charge in [-0.25, -0.2) is 0 Å². The molecule has 0 atom stereocenters. The van der Waals surface area contributed by atoms with Crippen molar-refractivity contribution >= 4 is 23.4 Å². The van der Waals surface area contributed by atoms with Gasteiger partial charge in [-0.3, -0.25) is 19.3 Å². The maximum absolute atomic E-state index is 12.7. The van der Waals surface area contributed by atoms with Gasteiger partial charge in [0.2, 0.25) is 5.91 Å². The van der Waals surface area contributed by atoms with Crippen molar-refractivity contribution in [1.82, 2.24) is 4.90 Å². The lowest BCUT2D eigenvalue weighted by Crippen LogP contribution is -2.40. The van der Waals surface area contributed by atoms with Gasteiger partial charge >= 0.3 is 0 Å². The fraction of sp³-hybridized carbons (Fsp3) is 0.0870. The third kappa shape index (κ3) is 3.55. The van der Waals surface area contributed by atoms with Crippen molar-refractivity contribution in [2.24, 2.45) is 0 Å². The monoisotopic (exact) mass is 370 g/mol. The third-order valence-corrected chi connectivity index (χ3v) is 4.74. The van der Waals surface area contributed by atoms with Crippen LogP contribution in [-0.4, -0.2) is 22.6 Å². The van der Waals surface area contributed by atoms with Gasteiger partial charge in [-0.1, -0.05) is 42.5 Å². The molecule has 1 aliphatic rings. The van der Waals surface area contributed by atoms with Crippen molar-refractivity contribution in [3.8, 4) is 0 Å². The molecule has 0 spiro atoms. The molecule has 0 radical (unpaired) electrons. The van der Waals surface area contributed by atoms with Crippen LogP contribution >= 0.6 is 0 Å². The Morgan fingerprint density at radius 2 is 1.43 bits per heavy atom. The molecule has 0 fully saturated rings. The smallest absolute Gasteiger partial charge is 0.260 e. The summed E-state index contributed by atoms with van der Waals surface area (Å²) >= 11 is 0. The average Bonchev–Trinajstić information content (AvgIpc) is 2.74. The SMILES string of the molecule is O=C(Nc1ccc2c(c1)CN(C(=O)c1ccccc1)C(=O)C2)c1ccccc1. The molecular formula is C23H18N2O3. The molecule has 3 amide bonds. The van der Waals surface area contributed by atoms with E-state index in [0.717, 1.165) is 11.1 Å². The number of benzene rings is 3. The van der Waals surface area contributed by atoms with E-state index in [-0.39, 0.29) is 30.7 Å². The van der Waals surface area contributed by atoms with Crippen molar-refractivity contribution in [3.05, 3.63) is 101 Å². The van der Waals surface area contributed by atoms with Crippen LogP contribution in [0.15, 0.2) is 78.9 Å². The number of imide groups is 1. The first-order chi connectivity index (χ1) is 13.6. The molecule has 3 aromatic rings. The van der Waals surface area contributed by atoms with Gasteiger partial charge in [0.05, 0.1) is 13.0 Å². The van der Waals surface area contributed by atoms with Crippen molar-refractivity contribution in [2.45, 2.75) is 13.0 Å². The Bertz CT molecular complexity index is 1050. The Labute approximate surface area is 162 Å². The summed E-state index contributed by atoms with van der Waals surface area (Å²) in [6, 6.07) is 23.1. The van der Waals surface area contributed by atoms with Crippen molar-refractivity contribution in [2.75, 3.05) is 5.32 Å². The van der Waals surface area contributed by atoms with E-state index in [0.29, 0.717) is 16.8 Å². The van der Waals surface area contributed by atoms with E-state index in [9.17, 15) is 14.4 Å². The molecule has 0 saturated heterocycles. The van der Waals surface area contributed by atoms with Crippen LogP contribution in [0.25, 0.3) is 0 Å². The predicted octanol–water partition coefficient (Wildman–Crippen LogP) is 3.66. The number of nitrogens with zero attached hydrogens (tertiary/aromatic N) is 1. The zero-order chi connectivity index (χ0) is 19.5. The Balaban J connectivity index is 1.55. The summed E-state index contributed by atoms with van der Waals surface area (Å²) in [6.07, 6.45) is 0.167. The minimum absolute atomic E-state index is 0.167. The topological polar surface area (TPSA) is 66.5 Å². The van der Waals surface area contributed by atoms with E-state index in [2.05, 4.69) is 5.32 Å². The summed E-state index contributed by atoms with van der Waals surface area (Å²) in [4.78, 5) is 38.8. The summed E-state index contributed by atoms with van der Waals surface area (Å²) in [5.41, 5.74) is 3.41. The van der Waals surface area contributed by atoms with Crippen molar-refractivity contribution < 1.29 is 14.4 Å². The number of amides is 3. The van der Waals surface area contributed by atoms with Crippen molar-refractivity contribution in [3.63, 3.8) is 0 Å². The lowest BCUT2D eigenvalue weighted by atomic mass is 9.97. The number of carbonyl (C=O) groups excluding carboxylic acids is 3. The summed E-state index contributed by atoms with van der Waals surface area (Å²) in [6.45, 7) is 0.191. The molecule has 5 heteroatoms. The highest BCUT2D eigenvalue weighted by Crippen LogP contribution is 2.25. The number of rotatable bonds is 3. The average molecular weight is 370 g/mol. The minimum atomic E-state index is -0.310. The second-order valence-corrected chi connectivity index (χ2v) is 6.63. The molecule has 0 saturated carbocycles. The highest BCUT2D eigenvalue weighted by Gasteiger charge is 2.28. The molecular weight excluding hydrogens is 352 g/mol. The molecule has 1 heterocycles. The van der Waals surface area contributed by atoms with Gasteiger partial charge in [-0.2, -0.15) is 0 Å². The Hall–Kier alpha value is -3.73. The van der Waals surface area contributed by atoms with Gasteiger partial charge in [-0.05, 0) is 47.5 Å². The van der Waals surface area contributed by atoms with Crippen LogP contribution in [0.4, 0.5) is 5.69 Å². The Morgan fingerprint density at radius 1 is 0.786 bits per heavy atom. The molecule has 138 valence electrons. The molecule has 0 aromatic heterocycles. The van der Waals surface area contributed by atoms with Crippen LogP contribution in [0.1, 0.15) is 31.8 Å². The molecule has 3 aromatic carbocycles. The molecule has 0 bridgehead atoms. The molecule has 0 aliphatic carbocycles. The van der Waals surface area contributed by atoms with E-state index >= 15 is 0 Å². The lowest BCUT2D eigenvalue weighted by Gasteiger charge is -2.27. The molecule has 4 rings (SSSR count). The van der Waals surface area contributed by atoms with Gasteiger partial charge in [0.25, 0.3) is 11.8 Å². The third-order valence-electron chi connectivity index (χ3n) is 4.74. The number of anilines is 1.